The maximum Gasteiger partial charge on any atom is 0.254 e. The van der Waals surface area contributed by atoms with Crippen LogP contribution in [0, 0.1) is 0 Å². The Balaban J connectivity index is 3.02. The summed E-state index contributed by atoms with van der Waals surface area (Å²) in [5, 5.41) is 0. The lowest BCUT2D eigenvalue weighted by Crippen LogP contribution is -2.41. The SMILES string of the molecule is CCC(CC)N(CCOC)C(=O)c1cc(N)cc(Br)c1. The summed E-state index contributed by atoms with van der Waals surface area (Å²) in [7, 11) is 1.65. The van der Waals surface area contributed by atoms with Gasteiger partial charge in [-0.2, -0.15) is 0 Å². The van der Waals surface area contributed by atoms with Gasteiger partial charge in [-0.05, 0) is 31.0 Å². The molecule has 4 nitrogen and oxygen atoms in total. The first-order valence-electron chi connectivity index (χ1n) is 6.89. The molecule has 20 heavy (non-hydrogen) atoms. The van der Waals surface area contributed by atoms with Crippen LogP contribution >= 0.6 is 15.9 Å². The fraction of sp³-hybridized carbons (Fsp3) is 0.533. The zero-order valence-electron chi connectivity index (χ0n) is 12.4. The molecule has 0 saturated heterocycles. The lowest BCUT2D eigenvalue weighted by atomic mass is 10.1. The molecule has 0 unspecified atom stereocenters. The minimum absolute atomic E-state index is 0.00347. The number of rotatable bonds is 7. The van der Waals surface area contributed by atoms with Crippen LogP contribution in [-0.2, 0) is 4.74 Å². The van der Waals surface area contributed by atoms with Gasteiger partial charge in [-0.25, -0.2) is 0 Å². The second-order valence-corrected chi connectivity index (χ2v) is 5.65. The van der Waals surface area contributed by atoms with Crippen LogP contribution in [0.1, 0.15) is 37.0 Å². The van der Waals surface area contributed by atoms with Gasteiger partial charge in [0.1, 0.15) is 0 Å². The van der Waals surface area contributed by atoms with Gasteiger partial charge in [0, 0.05) is 35.4 Å². The van der Waals surface area contributed by atoms with Crippen LogP contribution in [0.4, 0.5) is 5.69 Å². The number of nitrogens with two attached hydrogens (primary N) is 1. The number of benzene rings is 1. The topological polar surface area (TPSA) is 55.6 Å². The van der Waals surface area contributed by atoms with Gasteiger partial charge in [-0.15, -0.1) is 0 Å². The van der Waals surface area contributed by atoms with E-state index >= 15 is 0 Å². The molecule has 5 heteroatoms. The zero-order valence-corrected chi connectivity index (χ0v) is 13.9. The predicted molar refractivity (Wildman–Crippen MR) is 85.8 cm³/mol. The standard InChI is InChI=1S/C15H23BrN2O2/c1-4-14(5-2)18(6-7-20-3)15(19)11-8-12(16)10-13(17)9-11/h8-10,14H,4-7,17H2,1-3H3. The number of carbonyl (C=O) groups is 1. The van der Waals surface area contributed by atoms with E-state index < -0.39 is 0 Å². The summed E-state index contributed by atoms with van der Waals surface area (Å²) in [6.45, 7) is 5.31. The number of ether oxygens (including phenoxy) is 1. The molecule has 1 rings (SSSR count). The van der Waals surface area contributed by atoms with Crippen molar-refractivity contribution in [3.05, 3.63) is 28.2 Å². The van der Waals surface area contributed by atoms with E-state index in [0.29, 0.717) is 24.4 Å². The summed E-state index contributed by atoms with van der Waals surface area (Å²) in [4.78, 5) is 14.6. The number of carbonyl (C=O) groups excluding carboxylic acids is 1. The molecule has 1 amide bonds. The van der Waals surface area contributed by atoms with Crippen LogP contribution in [0.3, 0.4) is 0 Å². The van der Waals surface area contributed by atoms with E-state index in [1.165, 1.54) is 0 Å². The third-order valence-corrected chi connectivity index (χ3v) is 3.81. The Kier molecular flexibility index (Phi) is 7.02. The number of anilines is 1. The molecule has 0 bridgehead atoms. The molecular weight excluding hydrogens is 320 g/mol. The number of nitrogen functional groups attached to an aromatic ring is 1. The normalized spacial score (nSPS) is 10.8. The van der Waals surface area contributed by atoms with Crippen LogP contribution in [0.15, 0.2) is 22.7 Å². The van der Waals surface area contributed by atoms with Crippen LogP contribution in [-0.4, -0.2) is 37.1 Å². The van der Waals surface area contributed by atoms with E-state index in [-0.39, 0.29) is 11.9 Å². The summed E-state index contributed by atoms with van der Waals surface area (Å²) < 4.78 is 5.93. The van der Waals surface area contributed by atoms with Crippen molar-refractivity contribution in [3.63, 3.8) is 0 Å². The Morgan fingerprint density at radius 1 is 1.35 bits per heavy atom. The summed E-state index contributed by atoms with van der Waals surface area (Å²) in [6.07, 6.45) is 1.85. The van der Waals surface area contributed by atoms with Crippen molar-refractivity contribution >= 4 is 27.5 Å². The molecule has 1 aromatic rings. The average Bonchev–Trinajstić information content (AvgIpc) is 2.41. The summed E-state index contributed by atoms with van der Waals surface area (Å²) in [5.74, 6) is 0.00347. The van der Waals surface area contributed by atoms with E-state index in [1.54, 1.807) is 25.3 Å². The fourth-order valence-corrected chi connectivity index (χ4v) is 2.78. The second kappa shape index (κ2) is 8.27. The molecular formula is C15H23BrN2O2. The molecule has 0 aliphatic heterocycles. The third kappa shape index (κ3) is 4.49. The Bertz CT molecular complexity index is 427. The lowest BCUT2D eigenvalue weighted by molar-refractivity contribution is 0.0589. The van der Waals surface area contributed by atoms with Gasteiger partial charge in [-0.3, -0.25) is 4.79 Å². The van der Waals surface area contributed by atoms with Crippen molar-refractivity contribution in [3.8, 4) is 0 Å². The number of amides is 1. The largest absolute Gasteiger partial charge is 0.399 e. The van der Waals surface area contributed by atoms with Gasteiger partial charge < -0.3 is 15.4 Å². The molecule has 0 aliphatic rings. The van der Waals surface area contributed by atoms with E-state index in [4.69, 9.17) is 10.5 Å². The van der Waals surface area contributed by atoms with E-state index in [1.807, 2.05) is 4.90 Å². The smallest absolute Gasteiger partial charge is 0.254 e. The molecule has 0 aromatic heterocycles. The summed E-state index contributed by atoms with van der Waals surface area (Å²) in [6, 6.07) is 5.53. The van der Waals surface area contributed by atoms with E-state index in [2.05, 4.69) is 29.8 Å². The number of hydrogen-bond donors (Lipinski definition) is 1. The number of hydrogen-bond acceptors (Lipinski definition) is 3. The molecule has 0 spiro atoms. The molecule has 0 atom stereocenters. The third-order valence-electron chi connectivity index (χ3n) is 3.35. The molecule has 0 heterocycles. The van der Waals surface area contributed by atoms with Crippen LogP contribution < -0.4 is 5.73 Å². The maximum absolute atomic E-state index is 12.7. The van der Waals surface area contributed by atoms with Gasteiger partial charge in [0.2, 0.25) is 0 Å². The van der Waals surface area contributed by atoms with Crippen molar-refractivity contribution in [1.29, 1.82) is 0 Å². The molecule has 0 saturated carbocycles. The first-order chi connectivity index (χ1) is 9.53. The number of nitrogens with zero attached hydrogens (tertiary/aromatic N) is 1. The van der Waals surface area contributed by atoms with Crippen LogP contribution in [0.2, 0.25) is 0 Å². The van der Waals surface area contributed by atoms with Crippen molar-refractivity contribution < 1.29 is 9.53 Å². The predicted octanol–water partition coefficient (Wildman–Crippen LogP) is 3.31. The van der Waals surface area contributed by atoms with Crippen LogP contribution in [0.25, 0.3) is 0 Å². The monoisotopic (exact) mass is 342 g/mol. The van der Waals surface area contributed by atoms with Gasteiger partial charge in [0.25, 0.3) is 5.91 Å². The first kappa shape index (κ1) is 17.0. The van der Waals surface area contributed by atoms with Crippen molar-refractivity contribution in [1.82, 2.24) is 4.90 Å². The number of halogens is 1. The second-order valence-electron chi connectivity index (χ2n) is 4.73. The minimum Gasteiger partial charge on any atom is -0.399 e. The van der Waals surface area contributed by atoms with Gasteiger partial charge in [0.05, 0.1) is 6.61 Å². The molecule has 2 N–H and O–H groups in total. The first-order valence-corrected chi connectivity index (χ1v) is 7.68. The Hall–Kier alpha value is -1.07. The number of methoxy groups -OCH3 is 1. The fourth-order valence-electron chi connectivity index (χ4n) is 2.27. The van der Waals surface area contributed by atoms with Gasteiger partial charge in [-0.1, -0.05) is 29.8 Å². The molecule has 1 aromatic carbocycles. The summed E-state index contributed by atoms with van der Waals surface area (Å²) in [5.41, 5.74) is 7.01. The molecule has 0 radical (unpaired) electrons. The van der Waals surface area contributed by atoms with Gasteiger partial charge in [0.15, 0.2) is 0 Å². The van der Waals surface area contributed by atoms with Crippen molar-refractivity contribution in [2.24, 2.45) is 0 Å². The molecule has 112 valence electrons. The highest BCUT2D eigenvalue weighted by Crippen LogP contribution is 2.20. The highest BCUT2D eigenvalue weighted by Gasteiger charge is 2.22. The molecule has 0 aliphatic carbocycles. The maximum atomic E-state index is 12.7. The average molecular weight is 343 g/mol. The van der Waals surface area contributed by atoms with E-state index in [9.17, 15) is 4.79 Å². The van der Waals surface area contributed by atoms with Crippen molar-refractivity contribution in [2.75, 3.05) is 26.0 Å². The minimum atomic E-state index is 0.00347. The van der Waals surface area contributed by atoms with E-state index in [0.717, 1.165) is 17.3 Å². The molecule has 0 fully saturated rings. The quantitative estimate of drug-likeness (QED) is 0.773. The van der Waals surface area contributed by atoms with Crippen LogP contribution in [0.5, 0.6) is 0 Å². The lowest BCUT2D eigenvalue weighted by Gasteiger charge is -2.30. The highest BCUT2D eigenvalue weighted by molar-refractivity contribution is 9.10. The van der Waals surface area contributed by atoms with Crippen molar-refractivity contribution in [2.45, 2.75) is 32.7 Å². The highest BCUT2D eigenvalue weighted by atomic mass is 79.9. The zero-order chi connectivity index (χ0) is 15.1. The summed E-state index contributed by atoms with van der Waals surface area (Å²) >= 11 is 3.38. The van der Waals surface area contributed by atoms with Gasteiger partial charge >= 0.3 is 0 Å². The Morgan fingerprint density at radius 3 is 2.50 bits per heavy atom. The Morgan fingerprint density at radius 2 is 2.00 bits per heavy atom. The Labute approximate surface area is 129 Å².